The maximum absolute atomic E-state index is 12.9. The third-order valence-corrected chi connectivity index (χ3v) is 6.61. The van der Waals surface area contributed by atoms with Gasteiger partial charge in [0.05, 0.1) is 30.2 Å². The molecule has 0 unspecified atom stereocenters. The molecule has 154 valence electrons. The summed E-state index contributed by atoms with van der Waals surface area (Å²) in [4.78, 5) is 31.0. The number of halogens is 1. The number of methoxy groups -OCH3 is 1. The maximum atomic E-state index is 12.9. The number of hydrogen-bond acceptors (Lipinski definition) is 6. The number of cyclic esters (lactones) is 1. The van der Waals surface area contributed by atoms with Crippen molar-refractivity contribution in [3.63, 3.8) is 0 Å². The van der Waals surface area contributed by atoms with Crippen molar-refractivity contribution >= 4 is 34.8 Å². The normalized spacial score (nSPS) is 20.6. The van der Waals surface area contributed by atoms with Crippen LogP contribution in [0, 0.1) is 0 Å². The molecule has 4 rings (SSSR count). The average Bonchev–Trinajstić information content (AvgIpc) is 3.35. The molecule has 1 saturated heterocycles. The molecule has 0 saturated carbocycles. The van der Waals surface area contributed by atoms with Crippen molar-refractivity contribution in [3.8, 4) is 5.75 Å². The SMILES string of the molecule is COc1ccc(Cl)cc1C(=O)N=c1sc2c(n1C[C@H]1CCCO1)C(=O)OC2(C)C. The summed E-state index contributed by atoms with van der Waals surface area (Å²) in [5, 5.41) is 0.412. The number of esters is 1. The van der Waals surface area contributed by atoms with Gasteiger partial charge in [0.2, 0.25) is 0 Å². The minimum Gasteiger partial charge on any atom is -0.496 e. The maximum Gasteiger partial charge on any atom is 0.357 e. The van der Waals surface area contributed by atoms with Gasteiger partial charge in [0.1, 0.15) is 17.0 Å². The summed E-state index contributed by atoms with van der Waals surface area (Å²) >= 11 is 7.34. The van der Waals surface area contributed by atoms with E-state index in [1.54, 1.807) is 16.7 Å². The van der Waals surface area contributed by atoms with Gasteiger partial charge in [-0.3, -0.25) is 4.79 Å². The zero-order chi connectivity index (χ0) is 20.8. The molecule has 3 heterocycles. The molecule has 9 heteroatoms. The molecular weight excluding hydrogens is 416 g/mol. The van der Waals surface area contributed by atoms with Gasteiger partial charge in [-0.05, 0) is 44.9 Å². The van der Waals surface area contributed by atoms with Crippen LogP contribution in [0.3, 0.4) is 0 Å². The number of thiazole rings is 1. The van der Waals surface area contributed by atoms with E-state index >= 15 is 0 Å². The second-order valence-corrected chi connectivity index (χ2v) is 8.88. The fraction of sp³-hybridized carbons (Fsp3) is 0.450. The number of aromatic nitrogens is 1. The molecule has 0 N–H and O–H groups in total. The van der Waals surface area contributed by atoms with Gasteiger partial charge in [-0.1, -0.05) is 22.9 Å². The van der Waals surface area contributed by atoms with E-state index < -0.39 is 17.5 Å². The first-order valence-corrected chi connectivity index (χ1v) is 10.5. The number of carbonyl (C=O) groups excluding carboxylic acids is 2. The molecule has 29 heavy (non-hydrogen) atoms. The number of fused-ring (bicyclic) bond motifs is 1. The van der Waals surface area contributed by atoms with E-state index in [0.29, 0.717) is 34.4 Å². The molecule has 1 atom stereocenters. The highest BCUT2D eigenvalue weighted by molar-refractivity contribution is 7.09. The number of nitrogens with zero attached hydrogens (tertiary/aromatic N) is 2. The molecule has 0 bridgehead atoms. The number of carbonyl (C=O) groups is 2. The van der Waals surface area contributed by atoms with E-state index in [-0.39, 0.29) is 11.7 Å². The van der Waals surface area contributed by atoms with E-state index in [4.69, 9.17) is 25.8 Å². The van der Waals surface area contributed by atoms with Gasteiger partial charge in [0.25, 0.3) is 5.91 Å². The van der Waals surface area contributed by atoms with Crippen LogP contribution >= 0.6 is 22.9 Å². The largest absolute Gasteiger partial charge is 0.496 e. The number of rotatable bonds is 4. The Hall–Kier alpha value is -2.16. The van der Waals surface area contributed by atoms with Crippen molar-refractivity contribution in [2.24, 2.45) is 4.99 Å². The van der Waals surface area contributed by atoms with Crippen LogP contribution in [-0.2, 0) is 21.6 Å². The Labute approximate surface area is 176 Å². The molecule has 1 aromatic carbocycles. The summed E-state index contributed by atoms with van der Waals surface area (Å²) < 4.78 is 18.3. The minimum absolute atomic E-state index is 0.0278. The predicted molar refractivity (Wildman–Crippen MR) is 108 cm³/mol. The van der Waals surface area contributed by atoms with Gasteiger partial charge < -0.3 is 18.8 Å². The number of amides is 1. The van der Waals surface area contributed by atoms with E-state index in [2.05, 4.69) is 4.99 Å². The first-order valence-electron chi connectivity index (χ1n) is 9.32. The average molecular weight is 437 g/mol. The number of benzene rings is 1. The third-order valence-electron chi connectivity index (χ3n) is 5.00. The lowest BCUT2D eigenvalue weighted by Crippen LogP contribution is -2.27. The number of ether oxygens (including phenoxy) is 3. The Kier molecular flexibility index (Phi) is 5.27. The topological polar surface area (TPSA) is 79.1 Å². The first-order chi connectivity index (χ1) is 13.8. The van der Waals surface area contributed by atoms with Gasteiger partial charge in [-0.15, -0.1) is 0 Å². The Balaban J connectivity index is 1.83. The Morgan fingerprint density at radius 2 is 2.24 bits per heavy atom. The summed E-state index contributed by atoms with van der Waals surface area (Å²) in [6, 6.07) is 4.80. The predicted octanol–water partition coefficient (Wildman–Crippen LogP) is 3.54. The van der Waals surface area contributed by atoms with Crippen LogP contribution in [0.4, 0.5) is 0 Å². The van der Waals surface area contributed by atoms with Crippen LogP contribution in [0.1, 0.15) is 52.4 Å². The molecule has 0 radical (unpaired) electrons. The first kappa shape index (κ1) is 20.1. The fourth-order valence-corrected chi connectivity index (χ4v) is 4.93. The van der Waals surface area contributed by atoms with Gasteiger partial charge >= 0.3 is 5.97 Å². The smallest absolute Gasteiger partial charge is 0.357 e. The van der Waals surface area contributed by atoms with Crippen molar-refractivity contribution in [3.05, 3.63) is 44.2 Å². The number of hydrogen-bond donors (Lipinski definition) is 0. The standard InChI is InChI=1S/C20H21ClN2O5S/c1-20(2)16-15(18(25)28-20)23(10-12-5-4-8-27-12)19(29-16)22-17(24)13-9-11(21)6-7-14(13)26-3/h6-7,9,12H,4-5,8,10H2,1-3H3/t12-/m1/s1. The summed E-state index contributed by atoms with van der Waals surface area (Å²) in [6.07, 6.45) is 1.84. The summed E-state index contributed by atoms with van der Waals surface area (Å²) in [5.41, 5.74) is -0.0564. The van der Waals surface area contributed by atoms with Crippen LogP contribution in [0.2, 0.25) is 5.02 Å². The fourth-order valence-electron chi connectivity index (χ4n) is 3.59. The quantitative estimate of drug-likeness (QED) is 0.685. The zero-order valence-electron chi connectivity index (χ0n) is 16.4. The van der Waals surface area contributed by atoms with Crippen LogP contribution in [-0.4, -0.2) is 36.3 Å². The van der Waals surface area contributed by atoms with Crippen LogP contribution in [0.25, 0.3) is 0 Å². The monoisotopic (exact) mass is 436 g/mol. The third kappa shape index (κ3) is 3.72. The zero-order valence-corrected chi connectivity index (χ0v) is 17.9. The highest BCUT2D eigenvalue weighted by Gasteiger charge is 2.43. The lowest BCUT2D eigenvalue weighted by Gasteiger charge is -2.15. The molecule has 0 spiro atoms. The molecule has 1 aromatic heterocycles. The van der Waals surface area contributed by atoms with Crippen LogP contribution in [0.15, 0.2) is 23.2 Å². The van der Waals surface area contributed by atoms with E-state index in [0.717, 1.165) is 17.7 Å². The van der Waals surface area contributed by atoms with Gasteiger partial charge in [0, 0.05) is 11.6 Å². The molecule has 7 nitrogen and oxygen atoms in total. The Bertz CT molecular complexity index is 1050. The Morgan fingerprint density at radius 1 is 1.45 bits per heavy atom. The molecule has 2 aromatic rings. The Morgan fingerprint density at radius 3 is 2.93 bits per heavy atom. The van der Waals surface area contributed by atoms with E-state index in [1.165, 1.54) is 24.5 Å². The summed E-state index contributed by atoms with van der Waals surface area (Å²) in [6.45, 7) is 4.79. The van der Waals surface area contributed by atoms with E-state index in [9.17, 15) is 9.59 Å². The second kappa shape index (κ2) is 7.59. The van der Waals surface area contributed by atoms with Gasteiger partial charge in [0.15, 0.2) is 4.80 Å². The summed E-state index contributed by atoms with van der Waals surface area (Å²) in [7, 11) is 1.48. The second-order valence-electron chi connectivity index (χ2n) is 7.47. The minimum atomic E-state index is -0.764. The molecule has 1 fully saturated rings. The van der Waals surface area contributed by atoms with Crippen molar-refractivity contribution in [2.75, 3.05) is 13.7 Å². The highest BCUT2D eigenvalue weighted by atomic mass is 35.5. The lowest BCUT2D eigenvalue weighted by atomic mass is 10.1. The molecule has 0 aliphatic carbocycles. The van der Waals surface area contributed by atoms with Crippen molar-refractivity contribution in [1.82, 2.24) is 4.57 Å². The van der Waals surface area contributed by atoms with Crippen LogP contribution in [0.5, 0.6) is 5.75 Å². The van der Waals surface area contributed by atoms with Crippen LogP contribution < -0.4 is 9.54 Å². The van der Waals surface area contributed by atoms with Crippen molar-refractivity contribution in [1.29, 1.82) is 0 Å². The van der Waals surface area contributed by atoms with Gasteiger partial charge in [-0.2, -0.15) is 4.99 Å². The van der Waals surface area contributed by atoms with Crippen molar-refractivity contribution < 1.29 is 23.8 Å². The molecule has 1 amide bonds. The molecular formula is C20H21ClN2O5S. The van der Waals surface area contributed by atoms with Crippen molar-refractivity contribution in [2.45, 2.75) is 44.9 Å². The lowest BCUT2D eigenvalue weighted by molar-refractivity contribution is 0.00969. The summed E-state index contributed by atoms with van der Waals surface area (Å²) in [5.74, 6) is -0.511. The van der Waals surface area contributed by atoms with Gasteiger partial charge in [-0.25, -0.2) is 4.79 Å². The molecule has 2 aliphatic heterocycles. The van der Waals surface area contributed by atoms with E-state index in [1.807, 2.05) is 13.8 Å². The molecule has 2 aliphatic rings. The highest BCUT2D eigenvalue weighted by Crippen LogP contribution is 2.38.